The van der Waals surface area contributed by atoms with Crippen LogP contribution in [-0.2, 0) is 9.53 Å². The molecule has 0 aromatic heterocycles. The summed E-state index contributed by atoms with van der Waals surface area (Å²) in [6, 6.07) is 6.79. The van der Waals surface area contributed by atoms with Crippen LogP contribution >= 0.6 is 0 Å². The number of methoxy groups -OCH3 is 1. The summed E-state index contributed by atoms with van der Waals surface area (Å²) in [5.74, 6) is 0.0346. The Morgan fingerprint density at radius 3 is 2.78 bits per heavy atom. The van der Waals surface area contributed by atoms with Crippen LogP contribution in [0, 0.1) is 10.1 Å². The van der Waals surface area contributed by atoms with Crippen molar-refractivity contribution in [1.29, 1.82) is 0 Å². The highest BCUT2D eigenvalue weighted by molar-refractivity contribution is 5.66. The first-order valence-corrected chi connectivity index (χ1v) is 5.15. The summed E-state index contributed by atoms with van der Waals surface area (Å²) in [6.07, 6.45) is 1.34. The van der Waals surface area contributed by atoms with Gasteiger partial charge in [-0.1, -0.05) is 12.1 Å². The number of nitro groups is 1. The van der Waals surface area contributed by atoms with Crippen LogP contribution in [0.2, 0.25) is 0 Å². The van der Waals surface area contributed by atoms with Gasteiger partial charge in [0.25, 0.3) is 5.70 Å². The lowest BCUT2D eigenvalue weighted by atomic mass is 10.2. The fourth-order valence-corrected chi connectivity index (χ4v) is 1.25. The third-order valence-electron chi connectivity index (χ3n) is 2.08. The molecule has 0 saturated carbocycles. The molecule has 0 aliphatic rings. The van der Waals surface area contributed by atoms with Crippen molar-refractivity contribution in [3.05, 3.63) is 45.6 Å². The summed E-state index contributed by atoms with van der Waals surface area (Å²) >= 11 is 0. The second-order valence-electron chi connectivity index (χ2n) is 3.45. The lowest BCUT2D eigenvalue weighted by Crippen LogP contribution is -2.09. The molecule has 0 unspecified atom stereocenters. The summed E-state index contributed by atoms with van der Waals surface area (Å²) < 4.78 is 9.62. The number of nitrogens with zero attached hydrogens (tertiary/aromatic N) is 1. The van der Waals surface area contributed by atoms with Crippen LogP contribution in [0.25, 0.3) is 6.08 Å². The second kappa shape index (κ2) is 6.39. The zero-order chi connectivity index (χ0) is 13.5. The van der Waals surface area contributed by atoms with Gasteiger partial charge in [0.1, 0.15) is 5.75 Å². The van der Waals surface area contributed by atoms with Gasteiger partial charge in [-0.05, 0) is 17.7 Å². The zero-order valence-electron chi connectivity index (χ0n) is 10.1. The predicted octanol–water partition coefficient (Wildman–Crippen LogP) is 1.88. The van der Waals surface area contributed by atoms with Crippen molar-refractivity contribution in [2.24, 2.45) is 0 Å². The monoisotopic (exact) mass is 251 g/mol. The molecule has 0 atom stereocenters. The molecule has 6 heteroatoms. The van der Waals surface area contributed by atoms with Crippen molar-refractivity contribution in [2.75, 3.05) is 13.7 Å². The molecular formula is C12H13NO5. The van der Waals surface area contributed by atoms with Gasteiger partial charge in [0, 0.05) is 13.0 Å². The number of hydrogen-bond donors (Lipinski definition) is 0. The Kier molecular flexibility index (Phi) is 4.86. The summed E-state index contributed by atoms with van der Waals surface area (Å²) in [4.78, 5) is 20.8. The Balaban J connectivity index is 2.92. The fourth-order valence-electron chi connectivity index (χ4n) is 1.25. The topological polar surface area (TPSA) is 78.7 Å². The Labute approximate surface area is 104 Å². The number of carbonyl (C=O) groups is 1. The molecule has 0 aliphatic heterocycles. The smallest absolute Gasteiger partial charge is 0.303 e. The van der Waals surface area contributed by atoms with Crippen molar-refractivity contribution in [3.8, 4) is 5.75 Å². The number of hydrogen-bond acceptors (Lipinski definition) is 5. The molecule has 0 saturated heterocycles. The van der Waals surface area contributed by atoms with E-state index >= 15 is 0 Å². The van der Waals surface area contributed by atoms with E-state index in [2.05, 4.69) is 4.74 Å². The molecule has 0 heterocycles. The van der Waals surface area contributed by atoms with Crippen molar-refractivity contribution in [3.63, 3.8) is 0 Å². The van der Waals surface area contributed by atoms with Gasteiger partial charge in [-0.3, -0.25) is 14.9 Å². The minimum Gasteiger partial charge on any atom is -0.497 e. The molecule has 1 rings (SSSR count). The first-order chi connectivity index (χ1) is 8.52. The van der Waals surface area contributed by atoms with E-state index in [4.69, 9.17) is 4.74 Å². The maximum atomic E-state index is 10.8. The van der Waals surface area contributed by atoms with E-state index in [1.165, 1.54) is 20.1 Å². The molecule has 0 spiro atoms. The summed E-state index contributed by atoms with van der Waals surface area (Å²) in [7, 11) is 1.51. The van der Waals surface area contributed by atoms with Gasteiger partial charge in [-0.15, -0.1) is 0 Å². The molecular weight excluding hydrogens is 238 g/mol. The number of esters is 1. The zero-order valence-corrected chi connectivity index (χ0v) is 10.1. The van der Waals surface area contributed by atoms with E-state index in [0.717, 1.165) is 0 Å². The van der Waals surface area contributed by atoms with E-state index in [0.29, 0.717) is 11.3 Å². The SMILES string of the molecule is COc1cccc(/C=C(/COC(C)=O)[N+](=O)[O-])c1. The molecule has 0 N–H and O–H groups in total. The molecule has 6 nitrogen and oxygen atoms in total. The van der Waals surface area contributed by atoms with E-state index in [1.807, 2.05) is 0 Å². The second-order valence-corrected chi connectivity index (χ2v) is 3.45. The highest BCUT2D eigenvalue weighted by Crippen LogP contribution is 2.15. The maximum Gasteiger partial charge on any atom is 0.303 e. The van der Waals surface area contributed by atoms with Crippen molar-refractivity contribution in [1.82, 2.24) is 0 Å². The summed E-state index contributed by atoms with van der Waals surface area (Å²) in [5, 5.41) is 10.8. The lowest BCUT2D eigenvalue weighted by Gasteiger charge is -2.02. The molecule has 0 aliphatic carbocycles. The van der Waals surface area contributed by atoms with Gasteiger partial charge in [-0.25, -0.2) is 0 Å². The first kappa shape index (κ1) is 13.7. The summed E-state index contributed by atoms with van der Waals surface area (Å²) in [6.45, 7) is 0.836. The van der Waals surface area contributed by atoms with Gasteiger partial charge in [-0.2, -0.15) is 0 Å². The van der Waals surface area contributed by atoms with Crippen LogP contribution in [-0.4, -0.2) is 24.6 Å². The van der Waals surface area contributed by atoms with Crippen LogP contribution < -0.4 is 4.74 Å². The maximum absolute atomic E-state index is 10.8. The lowest BCUT2D eigenvalue weighted by molar-refractivity contribution is -0.428. The van der Waals surface area contributed by atoms with Crippen LogP contribution in [0.3, 0.4) is 0 Å². The highest BCUT2D eigenvalue weighted by atomic mass is 16.6. The highest BCUT2D eigenvalue weighted by Gasteiger charge is 2.12. The summed E-state index contributed by atoms with van der Waals surface area (Å²) in [5.41, 5.74) is 0.409. The normalized spacial score (nSPS) is 10.9. The number of carbonyl (C=O) groups excluding carboxylic acids is 1. The molecule has 0 amide bonds. The van der Waals surface area contributed by atoms with E-state index < -0.39 is 10.9 Å². The molecule has 1 aromatic rings. The van der Waals surface area contributed by atoms with Gasteiger partial charge in [0.2, 0.25) is 0 Å². The fraction of sp³-hybridized carbons (Fsp3) is 0.250. The van der Waals surface area contributed by atoms with Crippen molar-refractivity contribution >= 4 is 12.0 Å². The molecule has 18 heavy (non-hydrogen) atoms. The number of ether oxygens (including phenoxy) is 2. The molecule has 1 aromatic carbocycles. The predicted molar refractivity (Wildman–Crippen MR) is 64.6 cm³/mol. The van der Waals surface area contributed by atoms with E-state index in [9.17, 15) is 14.9 Å². The minimum atomic E-state index is -0.581. The number of rotatable bonds is 5. The number of benzene rings is 1. The molecule has 0 fully saturated rings. The minimum absolute atomic E-state index is 0.196. The molecule has 0 radical (unpaired) electrons. The van der Waals surface area contributed by atoms with Crippen LogP contribution in [0.5, 0.6) is 5.75 Å². The van der Waals surface area contributed by atoms with Crippen LogP contribution in [0.4, 0.5) is 0 Å². The Bertz CT molecular complexity index is 481. The van der Waals surface area contributed by atoms with E-state index in [-0.39, 0.29) is 12.3 Å². The van der Waals surface area contributed by atoms with Crippen molar-refractivity contribution < 1.29 is 19.2 Å². The quantitative estimate of drug-likeness (QED) is 0.453. The first-order valence-electron chi connectivity index (χ1n) is 5.15. The standard InChI is InChI=1S/C12H13NO5/c1-9(14)18-8-11(13(15)16)6-10-4-3-5-12(7-10)17-2/h3-7H,8H2,1-2H3/b11-6-. The Morgan fingerprint density at radius 1 is 1.50 bits per heavy atom. The van der Waals surface area contributed by atoms with Crippen LogP contribution in [0.15, 0.2) is 30.0 Å². The third kappa shape index (κ3) is 4.25. The van der Waals surface area contributed by atoms with Crippen molar-refractivity contribution in [2.45, 2.75) is 6.92 Å². The average Bonchev–Trinajstić information content (AvgIpc) is 2.34. The van der Waals surface area contributed by atoms with Gasteiger partial charge >= 0.3 is 5.97 Å². The molecule has 96 valence electrons. The van der Waals surface area contributed by atoms with E-state index in [1.54, 1.807) is 24.3 Å². The largest absolute Gasteiger partial charge is 0.497 e. The molecule has 0 bridgehead atoms. The van der Waals surface area contributed by atoms with Crippen LogP contribution in [0.1, 0.15) is 12.5 Å². The Morgan fingerprint density at radius 2 is 2.22 bits per heavy atom. The van der Waals surface area contributed by atoms with Gasteiger partial charge < -0.3 is 9.47 Å². The third-order valence-corrected chi connectivity index (χ3v) is 2.08. The van der Waals surface area contributed by atoms with Gasteiger partial charge in [0.15, 0.2) is 6.61 Å². The average molecular weight is 251 g/mol. The Hall–Kier alpha value is -2.37. The van der Waals surface area contributed by atoms with Gasteiger partial charge in [0.05, 0.1) is 12.0 Å².